The molecule has 4 aliphatic heterocycles. The minimum absolute atomic E-state index is 0.00354. The van der Waals surface area contributed by atoms with Gasteiger partial charge in [-0.2, -0.15) is 0 Å². The average molecular weight is 1050 g/mol. The Balaban J connectivity index is 1.14. The Morgan fingerprint density at radius 3 is 2.10 bits per heavy atom. The molecule has 11 rings (SSSR count). The van der Waals surface area contributed by atoms with Crippen LogP contribution in [-0.2, 0) is 35.9 Å². The number of nitro groups is 1. The maximum absolute atomic E-state index is 16.9. The van der Waals surface area contributed by atoms with E-state index in [0.29, 0.717) is 59.9 Å². The van der Waals surface area contributed by atoms with Crippen LogP contribution >= 0.6 is 0 Å². The zero-order valence-corrected chi connectivity index (χ0v) is 42.6. The molecule has 1 spiro atoms. The minimum atomic E-state index is -2.13. The van der Waals surface area contributed by atoms with Crippen LogP contribution in [0.25, 0.3) is 0 Å². The van der Waals surface area contributed by atoms with Crippen molar-refractivity contribution >= 4 is 41.2 Å². The molecular formula is C60H57N7O11. The number of imide groups is 1. The molecule has 1 aromatic heterocycles. The number of cyclic esters (lactones) is 1. The van der Waals surface area contributed by atoms with Crippen LogP contribution < -0.4 is 14.5 Å². The number of carbonyl (C=O) groups is 4. The molecule has 18 heteroatoms. The number of nitro benzene ring substituents is 1. The van der Waals surface area contributed by atoms with Crippen molar-refractivity contribution in [1.29, 1.82) is 0 Å². The Labute approximate surface area is 450 Å². The van der Waals surface area contributed by atoms with Crippen molar-refractivity contribution < 1.29 is 48.5 Å². The van der Waals surface area contributed by atoms with Gasteiger partial charge in [-0.1, -0.05) is 97.5 Å². The van der Waals surface area contributed by atoms with Gasteiger partial charge in [0.25, 0.3) is 5.69 Å². The lowest BCUT2D eigenvalue weighted by molar-refractivity contribution is -0.384. The second-order valence-corrected chi connectivity index (χ2v) is 20.3. The highest BCUT2D eigenvalue weighted by atomic mass is 16.6. The molecule has 2 N–H and O–H groups in total. The zero-order valence-electron chi connectivity index (χ0n) is 42.6. The fourth-order valence-electron chi connectivity index (χ4n) is 12.2. The second-order valence-electron chi connectivity index (χ2n) is 20.3. The second kappa shape index (κ2) is 21.9. The molecule has 6 atom stereocenters. The number of esters is 1. The van der Waals surface area contributed by atoms with Crippen molar-refractivity contribution in [3.8, 4) is 17.6 Å². The van der Waals surface area contributed by atoms with Gasteiger partial charge in [-0.25, -0.2) is 19.7 Å². The molecule has 4 fully saturated rings. The quantitative estimate of drug-likeness (QED) is 0.0421. The summed E-state index contributed by atoms with van der Waals surface area (Å²) in [5.74, 6) is 3.59. The molecule has 0 bridgehead atoms. The Kier molecular flexibility index (Phi) is 14.5. The standard InChI is InChI=1S/C60H57N7O11/c68-36-37-76-46-23-19-44(20-24-46)53-60(47-38-40(26-29-59(73)27-9-1-2-10-28-59)18-25-48(47)65(56(60)71)58(72)77-39-41-16-21-45(22-17-41)67(74)75)49(54(69)63-32-34-64(35-33-63)57-61-30-11-31-62-57)51-55(70)78-52(43-14-7-4-8-15-43)50(66(51)53)42-12-5-3-6-13-42/h3-8,11-25,30-31,38,49-53,68,73H,1-2,9-10,27-28,32-37,39H2/t49-,50-,51-,52+,53+,60-/m1/s1. The predicted molar refractivity (Wildman–Crippen MR) is 285 cm³/mol. The van der Waals surface area contributed by atoms with E-state index >= 15 is 19.2 Å². The lowest BCUT2D eigenvalue weighted by Crippen LogP contribution is -2.59. The van der Waals surface area contributed by atoms with E-state index in [4.69, 9.17) is 14.2 Å². The fraction of sp³-hybridized carbons (Fsp3) is 0.333. The highest BCUT2D eigenvalue weighted by Gasteiger charge is 2.76. The number of anilines is 2. The number of aliphatic hydroxyl groups is 2. The maximum atomic E-state index is 16.9. The number of non-ortho nitro benzene ring substituents is 1. The van der Waals surface area contributed by atoms with E-state index < -0.39 is 70.0 Å². The van der Waals surface area contributed by atoms with Gasteiger partial charge in [0.05, 0.1) is 35.2 Å². The molecular weight excluding hydrogens is 995 g/mol. The van der Waals surface area contributed by atoms with Crippen LogP contribution in [-0.4, -0.2) is 110 Å². The number of carbonyl (C=O) groups excluding carboxylic acids is 4. The topological polar surface area (TPSA) is 218 Å². The van der Waals surface area contributed by atoms with Crippen molar-refractivity contribution in [2.24, 2.45) is 5.92 Å². The number of hydrogen-bond acceptors (Lipinski definition) is 15. The number of ether oxygens (including phenoxy) is 3. The Bertz CT molecular complexity index is 3250. The third-order valence-electron chi connectivity index (χ3n) is 15.8. The lowest BCUT2D eigenvalue weighted by atomic mass is 9.64. The number of morpholine rings is 1. The SMILES string of the molecule is O=C1O[C@@H](c2ccccc2)[C@@H](c2ccccc2)N2[C@@H](c3ccc(OCCO)cc3)[C@]3(C(=O)N(C(=O)OCc4ccc([N+](=O)[O-])cc4)c4ccc(C#CC5(O)CCCCCC5)cc43)[C@@H](C(=O)N3CCN(c4ncccn4)CC3)[C@H]12. The first-order valence-corrected chi connectivity index (χ1v) is 26.4. The molecule has 18 nitrogen and oxygen atoms in total. The number of benzene rings is 5. The van der Waals surface area contributed by atoms with Gasteiger partial charge >= 0.3 is 12.1 Å². The third-order valence-corrected chi connectivity index (χ3v) is 15.8. The molecule has 0 unspecified atom stereocenters. The van der Waals surface area contributed by atoms with Gasteiger partial charge in [0.2, 0.25) is 17.8 Å². The number of fused-ring (bicyclic) bond motifs is 3. The summed E-state index contributed by atoms with van der Waals surface area (Å²) in [6, 6.07) is 34.4. The van der Waals surface area contributed by atoms with Crippen LogP contribution in [0.4, 0.5) is 22.1 Å². The van der Waals surface area contributed by atoms with Gasteiger partial charge in [0, 0.05) is 56.3 Å². The average Bonchev–Trinajstić information content (AvgIpc) is 3.50. The lowest BCUT2D eigenvalue weighted by Gasteiger charge is -2.46. The molecule has 1 saturated carbocycles. The van der Waals surface area contributed by atoms with Crippen molar-refractivity contribution in [2.75, 3.05) is 49.2 Å². The summed E-state index contributed by atoms with van der Waals surface area (Å²) >= 11 is 0. The summed E-state index contributed by atoms with van der Waals surface area (Å²) in [6.07, 6.45) is 5.72. The molecule has 5 aromatic carbocycles. The van der Waals surface area contributed by atoms with Gasteiger partial charge in [0.15, 0.2) is 0 Å². The number of rotatable bonds is 11. The number of amides is 3. The van der Waals surface area contributed by atoms with Crippen LogP contribution in [0.5, 0.6) is 5.75 Å². The first-order valence-electron chi connectivity index (χ1n) is 26.4. The summed E-state index contributed by atoms with van der Waals surface area (Å²) < 4.78 is 18.5. The normalized spacial score (nSPS) is 23.6. The Morgan fingerprint density at radius 2 is 1.45 bits per heavy atom. The maximum Gasteiger partial charge on any atom is 0.421 e. The van der Waals surface area contributed by atoms with Gasteiger partial charge in [-0.3, -0.25) is 29.4 Å². The zero-order chi connectivity index (χ0) is 54.0. The minimum Gasteiger partial charge on any atom is -0.491 e. The Morgan fingerprint density at radius 1 is 0.782 bits per heavy atom. The third kappa shape index (κ3) is 9.58. The number of hydrogen-bond donors (Lipinski definition) is 2. The molecule has 6 aromatic rings. The number of aliphatic hydroxyl groups excluding tert-OH is 1. The smallest absolute Gasteiger partial charge is 0.421 e. The first kappa shape index (κ1) is 51.6. The van der Waals surface area contributed by atoms with E-state index in [0.717, 1.165) is 36.1 Å². The van der Waals surface area contributed by atoms with E-state index in [1.165, 1.54) is 24.3 Å². The van der Waals surface area contributed by atoms with Crippen molar-refractivity contribution in [3.05, 3.63) is 189 Å². The number of nitrogens with zero attached hydrogens (tertiary/aromatic N) is 7. The van der Waals surface area contributed by atoms with Crippen LogP contribution in [0.1, 0.15) is 90.1 Å². The molecule has 1 aliphatic carbocycles. The fourth-order valence-corrected chi connectivity index (χ4v) is 12.2. The van der Waals surface area contributed by atoms with Crippen LogP contribution in [0.3, 0.4) is 0 Å². The molecule has 0 radical (unpaired) electrons. The van der Waals surface area contributed by atoms with E-state index in [1.54, 1.807) is 65.8 Å². The first-order chi connectivity index (χ1) is 38.0. The van der Waals surface area contributed by atoms with Gasteiger partial charge in [-0.15, -0.1) is 0 Å². The summed E-state index contributed by atoms with van der Waals surface area (Å²) in [6.45, 7) is 0.349. The molecule has 3 saturated heterocycles. The summed E-state index contributed by atoms with van der Waals surface area (Å²) in [5, 5.41) is 33.1. The summed E-state index contributed by atoms with van der Waals surface area (Å²) in [7, 11) is 0. The van der Waals surface area contributed by atoms with E-state index in [2.05, 4.69) is 21.8 Å². The largest absolute Gasteiger partial charge is 0.491 e. The Hall–Kier alpha value is -8.50. The van der Waals surface area contributed by atoms with E-state index in [-0.39, 0.29) is 49.8 Å². The van der Waals surface area contributed by atoms with E-state index in [1.807, 2.05) is 70.5 Å². The highest BCUT2D eigenvalue weighted by Crippen LogP contribution is 2.66. The molecule has 5 heterocycles. The predicted octanol–water partition coefficient (Wildman–Crippen LogP) is 7.54. The van der Waals surface area contributed by atoms with E-state index in [9.17, 15) is 20.3 Å². The number of aromatic nitrogens is 2. The molecule has 3 amide bonds. The monoisotopic (exact) mass is 1050 g/mol. The van der Waals surface area contributed by atoms with Crippen LogP contribution in [0.2, 0.25) is 0 Å². The van der Waals surface area contributed by atoms with Gasteiger partial charge < -0.3 is 34.2 Å². The molecule has 78 heavy (non-hydrogen) atoms. The van der Waals surface area contributed by atoms with Crippen LogP contribution in [0, 0.1) is 27.9 Å². The van der Waals surface area contributed by atoms with Crippen molar-refractivity contribution in [2.45, 2.75) is 80.4 Å². The van der Waals surface area contributed by atoms with Crippen molar-refractivity contribution in [1.82, 2.24) is 19.8 Å². The summed E-state index contributed by atoms with van der Waals surface area (Å²) in [4.78, 5) is 90.5. The van der Waals surface area contributed by atoms with Crippen molar-refractivity contribution in [3.63, 3.8) is 0 Å². The number of piperazine rings is 1. The van der Waals surface area contributed by atoms with Crippen LogP contribution in [0.15, 0.2) is 146 Å². The van der Waals surface area contributed by atoms with Gasteiger partial charge in [0.1, 0.15) is 42.1 Å². The summed E-state index contributed by atoms with van der Waals surface area (Å²) in [5.41, 5.74) is -0.585. The van der Waals surface area contributed by atoms with Gasteiger partial charge in [-0.05, 0) is 102 Å². The molecule has 398 valence electrons. The highest BCUT2D eigenvalue weighted by molar-refractivity contribution is 6.23. The molecule has 5 aliphatic rings.